The first kappa shape index (κ1) is 14.9. The van der Waals surface area contributed by atoms with Crippen LogP contribution in [0.15, 0.2) is 11.6 Å². The Labute approximate surface area is 136 Å². The molecule has 2 heterocycles. The molecule has 124 valence electrons. The van der Waals surface area contributed by atoms with E-state index >= 15 is 0 Å². The lowest BCUT2D eigenvalue weighted by Gasteiger charge is -2.21. The molecular weight excluding hydrogens is 292 g/mol. The van der Waals surface area contributed by atoms with E-state index in [-0.39, 0.29) is 18.1 Å². The molecule has 3 aliphatic rings. The fourth-order valence-electron chi connectivity index (χ4n) is 3.59. The van der Waals surface area contributed by atoms with Gasteiger partial charge in [-0.25, -0.2) is 4.98 Å². The number of ether oxygens (including phenoxy) is 1. The summed E-state index contributed by atoms with van der Waals surface area (Å²) in [5.74, 6) is 2.91. The van der Waals surface area contributed by atoms with Gasteiger partial charge in [0.15, 0.2) is 5.82 Å². The highest BCUT2D eigenvalue weighted by Gasteiger charge is 2.40. The van der Waals surface area contributed by atoms with Crippen molar-refractivity contribution in [1.82, 2.24) is 20.1 Å². The van der Waals surface area contributed by atoms with Crippen LogP contribution in [0, 0.1) is 18.8 Å². The van der Waals surface area contributed by atoms with Gasteiger partial charge in [0.2, 0.25) is 5.91 Å². The highest BCUT2D eigenvalue weighted by Crippen LogP contribution is 2.49. The standard InChI is InChI=1S/C17H24N4O2/c1-10-18-17(20-19-10)15-7-13(23-2)9-21(15)16(22)8-14(11-3-4-11)12-5-6-12/h8,11-13,15H,3-7,9H2,1-2H3,(H,18,19,20)/t13-,15+/m1/s1. The van der Waals surface area contributed by atoms with Gasteiger partial charge in [0.25, 0.3) is 0 Å². The molecule has 4 rings (SSSR count). The predicted octanol–water partition coefficient (Wildman–Crippen LogP) is 2.15. The van der Waals surface area contributed by atoms with Crippen molar-refractivity contribution in [2.24, 2.45) is 11.8 Å². The minimum absolute atomic E-state index is 0.0569. The van der Waals surface area contributed by atoms with Gasteiger partial charge in [0, 0.05) is 26.2 Å². The van der Waals surface area contributed by atoms with Gasteiger partial charge in [0.05, 0.1) is 12.1 Å². The molecule has 0 spiro atoms. The number of aryl methyl sites for hydroxylation is 1. The Hall–Kier alpha value is -1.69. The molecule has 1 aromatic rings. The topological polar surface area (TPSA) is 71.1 Å². The molecule has 2 aliphatic carbocycles. The van der Waals surface area contributed by atoms with Crippen molar-refractivity contribution in [3.05, 3.63) is 23.3 Å². The van der Waals surface area contributed by atoms with E-state index in [4.69, 9.17) is 4.74 Å². The maximum Gasteiger partial charge on any atom is 0.247 e. The van der Waals surface area contributed by atoms with Gasteiger partial charge >= 0.3 is 0 Å². The van der Waals surface area contributed by atoms with Crippen LogP contribution in [-0.2, 0) is 9.53 Å². The van der Waals surface area contributed by atoms with Crippen LogP contribution < -0.4 is 0 Å². The lowest BCUT2D eigenvalue weighted by atomic mass is 10.1. The molecule has 3 fully saturated rings. The van der Waals surface area contributed by atoms with E-state index in [1.54, 1.807) is 7.11 Å². The van der Waals surface area contributed by atoms with E-state index < -0.39 is 0 Å². The number of H-pyrrole nitrogens is 1. The van der Waals surface area contributed by atoms with E-state index in [1.165, 1.54) is 31.3 Å². The number of allylic oxidation sites excluding steroid dienone is 1. The second-order valence-corrected chi connectivity index (χ2v) is 7.07. The van der Waals surface area contributed by atoms with Crippen LogP contribution in [0.2, 0.25) is 0 Å². The number of carbonyl (C=O) groups is 1. The smallest absolute Gasteiger partial charge is 0.247 e. The zero-order valence-electron chi connectivity index (χ0n) is 13.8. The number of hydrogen-bond donors (Lipinski definition) is 1. The molecule has 23 heavy (non-hydrogen) atoms. The van der Waals surface area contributed by atoms with Crippen molar-refractivity contribution >= 4 is 5.91 Å². The predicted molar refractivity (Wildman–Crippen MR) is 84.5 cm³/mol. The maximum absolute atomic E-state index is 12.9. The summed E-state index contributed by atoms with van der Waals surface area (Å²) in [6, 6.07) is -0.0895. The molecule has 0 bridgehead atoms. The highest BCUT2D eigenvalue weighted by atomic mass is 16.5. The number of likely N-dealkylation sites (tertiary alicyclic amines) is 1. The summed E-state index contributed by atoms with van der Waals surface area (Å²) in [4.78, 5) is 19.2. The SMILES string of the molecule is CO[C@@H]1C[C@@H](c2n[nH]c(C)n2)N(C(=O)C=C(C2CC2)C2CC2)C1. The van der Waals surface area contributed by atoms with Gasteiger partial charge in [-0.2, -0.15) is 5.10 Å². The second-order valence-electron chi connectivity index (χ2n) is 7.07. The van der Waals surface area contributed by atoms with Gasteiger partial charge in [-0.05, 0) is 44.4 Å². The van der Waals surface area contributed by atoms with Crippen molar-refractivity contribution in [3.63, 3.8) is 0 Å². The maximum atomic E-state index is 12.9. The number of nitrogens with zero attached hydrogens (tertiary/aromatic N) is 3. The van der Waals surface area contributed by atoms with Crippen molar-refractivity contribution in [2.45, 2.75) is 51.2 Å². The van der Waals surface area contributed by atoms with Crippen LogP contribution in [0.3, 0.4) is 0 Å². The van der Waals surface area contributed by atoms with Gasteiger partial charge in [-0.1, -0.05) is 5.57 Å². The van der Waals surface area contributed by atoms with E-state index in [2.05, 4.69) is 15.2 Å². The summed E-state index contributed by atoms with van der Waals surface area (Å²) in [5.41, 5.74) is 1.39. The number of amides is 1. The van der Waals surface area contributed by atoms with Crippen molar-refractivity contribution in [3.8, 4) is 0 Å². The lowest BCUT2D eigenvalue weighted by Crippen LogP contribution is -2.31. The Morgan fingerprint density at radius 3 is 2.52 bits per heavy atom. The Kier molecular flexibility index (Phi) is 3.71. The van der Waals surface area contributed by atoms with E-state index in [1.807, 2.05) is 17.9 Å². The largest absolute Gasteiger partial charge is 0.380 e. The minimum atomic E-state index is -0.0895. The number of aromatic nitrogens is 3. The number of hydrogen-bond acceptors (Lipinski definition) is 4. The summed E-state index contributed by atoms with van der Waals surface area (Å²) in [6.45, 7) is 2.50. The Morgan fingerprint density at radius 2 is 2.00 bits per heavy atom. The summed E-state index contributed by atoms with van der Waals surface area (Å²) in [6.07, 6.45) is 7.73. The fourth-order valence-corrected chi connectivity index (χ4v) is 3.59. The molecule has 0 radical (unpaired) electrons. The Bertz CT molecular complexity index is 616. The molecule has 6 heteroatoms. The monoisotopic (exact) mass is 316 g/mol. The first-order valence-electron chi connectivity index (χ1n) is 8.59. The molecule has 1 N–H and O–H groups in total. The van der Waals surface area contributed by atoms with Crippen LogP contribution in [0.5, 0.6) is 0 Å². The third-order valence-corrected chi connectivity index (χ3v) is 5.18. The normalized spacial score (nSPS) is 27.3. The summed E-state index contributed by atoms with van der Waals surface area (Å²) in [7, 11) is 1.70. The van der Waals surface area contributed by atoms with Crippen LogP contribution in [0.4, 0.5) is 0 Å². The van der Waals surface area contributed by atoms with Gasteiger partial charge in [0.1, 0.15) is 5.82 Å². The van der Waals surface area contributed by atoms with E-state index in [0.29, 0.717) is 24.2 Å². The van der Waals surface area contributed by atoms with E-state index in [9.17, 15) is 4.79 Å². The summed E-state index contributed by atoms with van der Waals surface area (Å²) < 4.78 is 5.49. The van der Waals surface area contributed by atoms with Crippen LogP contribution >= 0.6 is 0 Å². The Balaban J connectivity index is 1.56. The molecule has 6 nitrogen and oxygen atoms in total. The molecule has 1 saturated heterocycles. The number of aromatic amines is 1. The summed E-state index contributed by atoms with van der Waals surface area (Å²) >= 11 is 0. The van der Waals surface area contributed by atoms with Crippen molar-refractivity contribution in [2.75, 3.05) is 13.7 Å². The van der Waals surface area contributed by atoms with Crippen LogP contribution in [-0.4, -0.2) is 45.7 Å². The Morgan fingerprint density at radius 1 is 1.30 bits per heavy atom. The molecule has 2 saturated carbocycles. The minimum Gasteiger partial charge on any atom is -0.380 e. The van der Waals surface area contributed by atoms with Gasteiger partial charge in [-0.15, -0.1) is 0 Å². The highest BCUT2D eigenvalue weighted by molar-refractivity contribution is 5.89. The first-order valence-corrected chi connectivity index (χ1v) is 8.59. The first-order chi connectivity index (χ1) is 11.2. The average Bonchev–Trinajstić information content (AvgIpc) is 3.46. The molecule has 1 aliphatic heterocycles. The lowest BCUT2D eigenvalue weighted by molar-refractivity contribution is -0.127. The fraction of sp³-hybridized carbons (Fsp3) is 0.706. The van der Waals surface area contributed by atoms with Gasteiger partial charge in [-0.3, -0.25) is 9.89 Å². The average molecular weight is 316 g/mol. The summed E-state index contributed by atoms with van der Waals surface area (Å²) in [5, 5.41) is 7.15. The van der Waals surface area contributed by atoms with E-state index in [0.717, 1.165) is 12.2 Å². The molecule has 2 atom stereocenters. The van der Waals surface area contributed by atoms with Crippen LogP contribution in [0.1, 0.15) is 49.8 Å². The molecule has 1 aromatic heterocycles. The van der Waals surface area contributed by atoms with Crippen molar-refractivity contribution < 1.29 is 9.53 Å². The number of carbonyl (C=O) groups excluding carboxylic acids is 1. The second kappa shape index (κ2) is 5.74. The zero-order chi connectivity index (χ0) is 16.0. The number of methoxy groups -OCH3 is 1. The zero-order valence-corrected chi connectivity index (χ0v) is 13.8. The quantitative estimate of drug-likeness (QED) is 0.845. The van der Waals surface area contributed by atoms with Crippen molar-refractivity contribution in [1.29, 1.82) is 0 Å². The van der Waals surface area contributed by atoms with Gasteiger partial charge < -0.3 is 9.64 Å². The number of rotatable bonds is 5. The molecule has 1 amide bonds. The molecule has 0 aromatic carbocycles. The molecule has 0 unspecified atom stereocenters. The third kappa shape index (κ3) is 3.04. The third-order valence-electron chi connectivity index (χ3n) is 5.18. The number of nitrogens with one attached hydrogen (secondary N) is 1. The van der Waals surface area contributed by atoms with Crippen LogP contribution in [0.25, 0.3) is 0 Å². The molecular formula is C17H24N4O2.